The highest BCUT2D eigenvalue weighted by molar-refractivity contribution is 5.95. The number of hydrogen-bond donors (Lipinski definition) is 2. The van der Waals surface area contributed by atoms with Gasteiger partial charge in [0.05, 0.1) is 18.2 Å². The summed E-state index contributed by atoms with van der Waals surface area (Å²) in [5, 5.41) is 15.7. The first-order valence-corrected chi connectivity index (χ1v) is 6.54. The molecule has 2 N–H and O–H groups in total. The van der Waals surface area contributed by atoms with E-state index in [1.807, 2.05) is 19.1 Å². The van der Waals surface area contributed by atoms with Crippen molar-refractivity contribution in [3.63, 3.8) is 0 Å². The summed E-state index contributed by atoms with van der Waals surface area (Å²) in [6.07, 6.45) is 1.46. The second kappa shape index (κ2) is 6.21. The number of carboxylic acid groups (broad SMARTS) is 1. The highest BCUT2D eigenvalue weighted by Gasteiger charge is 2.13. The van der Waals surface area contributed by atoms with Gasteiger partial charge in [0.1, 0.15) is 0 Å². The van der Waals surface area contributed by atoms with Crippen molar-refractivity contribution in [3.8, 4) is 0 Å². The van der Waals surface area contributed by atoms with Crippen molar-refractivity contribution in [1.82, 2.24) is 15.1 Å². The van der Waals surface area contributed by atoms with Gasteiger partial charge >= 0.3 is 5.97 Å². The Balaban J connectivity index is 2.08. The van der Waals surface area contributed by atoms with E-state index in [1.165, 1.54) is 6.20 Å². The largest absolute Gasteiger partial charge is 0.481 e. The molecule has 21 heavy (non-hydrogen) atoms. The normalized spacial score (nSPS) is 10.4. The van der Waals surface area contributed by atoms with E-state index in [0.717, 1.165) is 11.3 Å². The minimum absolute atomic E-state index is 0.0576. The third kappa shape index (κ3) is 3.47. The molecular formula is C15H17N3O3. The van der Waals surface area contributed by atoms with Gasteiger partial charge in [-0.2, -0.15) is 5.10 Å². The van der Waals surface area contributed by atoms with Crippen molar-refractivity contribution in [1.29, 1.82) is 0 Å². The van der Waals surface area contributed by atoms with Crippen LogP contribution in [0.3, 0.4) is 0 Å². The minimum atomic E-state index is -0.892. The van der Waals surface area contributed by atoms with Gasteiger partial charge < -0.3 is 10.4 Å². The maximum atomic E-state index is 12.1. The first kappa shape index (κ1) is 14.8. The number of rotatable bonds is 5. The fraction of sp³-hybridized carbons (Fsp3) is 0.267. The first-order valence-electron chi connectivity index (χ1n) is 6.54. The zero-order valence-electron chi connectivity index (χ0n) is 12.0. The molecule has 0 fully saturated rings. The average Bonchev–Trinajstić information content (AvgIpc) is 2.77. The Kier molecular flexibility index (Phi) is 4.37. The van der Waals surface area contributed by atoms with E-state index < -0.39 is 5.97 Å². The monoisotopic (exact) mass is 287 g/mol. The zero-order chi connectivity index (χ0) is 15.4. The molecule has 2 aromatic rings. The van der Waals surface area contributed by atoms with Crippen molar-refractivity contribution in [2.24, 2.45) is 7.05 Å². The standard InChI is InChI=1S/C15H17N3O3/c1-10-13(9-17-18(10)2)15(21)16-8-12-6-4-3-5-11(12)7-14(19)20/h3-6,9H,7-8H2,1-2H3,(H,16,21)(H,19,20). The number of benzene rings is 1. The van der Waals surface area contributed by atoms with E-state index in [1.54, 1.807) is 23.9 Å². The van der Waals surface area contributed by atoms with E-state index in [4.69, 9.17) is 5.11 Å². The van der Waals surface area contributed by atoms with Gasteiger partial charge in [-0.1, -0.05) is 24.3 Å². The summed E-state index contributed by atoms with van der Waals surface area (Å²) in [4.78, 5) is 22.9. The highest BCUT2D eigenvalue weighted by Crippen LogP contribution is 2.11. The van der Waals surface area contributed by atoms with E-state index in [9.17, 15) is 9.59 Å². The summed E-state index contributed by atoms with van der Waals surface area (Å²) in [5.41, 5.74) is 2.81. The molecule has 0 unspecified atom stereocenters. The Bertz CT molecular complexity index is 677. The van der Waals surface area contributed by atoms with Gasteiger partial charge in [0, 0.05) is 19.3 Å². The SMILES string of the molecule is Cc1c(C(=O)NCc2ccccc2CC(=O)O)cnn1C. The molecule has 0 atom stereocenters. The van der Waals surface area contributed by atoms with Gasteiger partial charge in [-0.25, -0.2) is 0 Å². The number of hydrogen-bond acceptors (Lipinski definition) is 3. The molecule has 0 radical (unpaired) electrons. The molecule has 0 aliphatic rings. The van der Waals surface area contributed by atoms with Crippen molar-refractivity contribution in [2.75, 3.05) is 0 Å². The summed E-state index contributed by atoms with van der Waals surface area (Å²) in [6, 6.07) is 7.18. The third-order valence-electron chi connectivity index (χ3n) is 3.38. The van der Waals surface area contributed by atoms with Crippen LogP contribution in [0.1, 0.15) is 27.2 Å². The number of aryl methyl sites for hydroxylation is 1. The lowest BCUT2D eigenvalue weighted by atomic mass is 10.0. The lowest BCUT2D eigenvalue weighted by molar-refractivity contribution is -0.136. The highest BCUT2D eigenvalue weighted by atomic mass is 16.4. The number of aromatic nitrogens is 2. The molecule has 0 saturated heterocycles. The van der Waals surface area contributed by atoms with E-state index in [0.29, 0.717) is 11.1 Å². The lowest BCUT2D eigenvalue weighted by Crippen LogP contribution is -2.24. The summed E-state index contributed by atoms with van der Waals surface area (Å²) in [7, 11) is 1.77. The summed E-state index contributed by atoms with van der Waals surface area (Å²) < 4.78 is 1.63. The van der Waals surface area contributed by atoms with Crippen LogP contribution in [-0.2, 0) is 24.8 Å². The van der Waals surface area contributed by atoms with Gasteiger partial charge in [-0.3, -0.25) is 14.3 Å². The van der Waals surface area contributed by atoms with Crippen LogP contribution in [0.4, 0.5) is 0 Å². The van der Waals surface area contributed by atoms with E-state index in [2.05, 4.69) is 10.4 Å². The molecule has 1 amide bonds. The summed E-state index contributed by atoms with van der Waals surface area (Å²) in [5.74, 6) is -1.11. The van der Waals surface area contributed by atoms with E-state index in [-0.39, 0.29) is 18.9 Å². The molecule has 0 saturated carbocycles. The minimum Gasteiger partial charge on any atom is -0.481 e. The number of amides is 1. The molecule has 110 valence electrons. The van der Waals surface area contributed by atoms with Crippen molar-refractivity contribution < 1.29 is 14.7 Å². The fourth-order valence-corrected chi connectivity index (χ4v) is 2.06. The van der Waals surface area contributed by atoms with E-state index >= 15 is 0 Å². The Morgan fingerprint density at radius 1 is 1.29 bits per heavy atom. The summed E-state index contributed by atoms with van der Waals surface area (Å²) >= 11 is 0. The third-order valence-corrected chi connectivity index (χ3v) is 3.38. The van der Waals surface area contributed by atoms with Crippen LogP contribution in [0.25, 0.3) is 0 Å². The molecular weight excluding hydrogens is 270 g/mol. The predicted molar refractivity (Wildman–Crippen MR) is 76.9 cm³/mol. The van der Waals surface area contributed by atoms with Gasteiger partial charge in [0.2, 0.25) is 0 Å². The Morgan fingerprint density at radius 2 is 1.95 bits per heavy atom. The molecule has 6 nitrogen and oxygen atoms in total. The van der Waals surface area contributed by atoms with Crippen LogP contribution in [-0.4, -0.2) is 26.8 Å². The fourth-order valence-electron chi connectivity index (χ4n) is 2.06. The van der Waals surface area contributed by atoms with Crippen LogP contribution < -0.4 is 5.32 Å². The summed E-state index contributed by atoms with van der Waals surface area (Å²) in [6.45, 7) is 2.11. The Hall–Kier alpha value is -2.63. The Morgan fingerprint density at radius 3 is 2.52 bits per heavy atom. The second-order valence-corrected chi connectivity index (χ2v) is 4.79. The maximum Gasteiger partial charge on any atom is 0.307 e. The molecule has 0 bridgehead atoms. The number of carboxylic acids is 1. The lowest BCUT2D eigenvalue weighted by Gasteiger charge is -2.09. The smallest absolute Gasteiger partial charge is 0.307 e. The molecule has 2 rings (SSSR count). The number of aliphatic carboxylic acids is 1. The number of carbonyl (C=O) groups is 2. The molecule has 0 spiro atoms. The van der Waals surface area contributed by atoms with Crippen LogP contribution >= 0.6 is 0 Å². The topological polar surface area (TPSA) is 84.2 Å². The second-order valence-electron chi connectivity index (χ2n) is 4.79. The van der Waals surface area contributed by atoms with Gasteiger partial charge in [0.25, 0.3) is 5.91 Å². The van der Waals surface area contributed by atoms with Crippen LogP contribution in [0, 0.1) is 6.92 Å². The molecule has 0 aliphatic carbocycles. The number of nitrogens with zero attached hydrogens (tertiary/aromatic N) is 2. The van der Waals surface area contributed by atoms with Crippen molar-refractivity contribution in [3.05, 3.63) is 52.8 Å². The van der Waals surface area contributed by atoms with Gasteiger partial charge in [-0.05, 0) is 18.1 Å². The average molecular weight is 287 g/mol. The maximum absolute atomic E-state index is 12.1. The molecule has 0 aliphatic heterocycles. The van der Waals surface area contributed by atoms with Crippen LogP contribution in [0.15, 0.2) is 30.5 Å². The zero-order valence-corrected chi connectivity index (χ0v) is 12.0. The Labute approximate surface area is 122 Å². The number of carbonyl (C=O) groups excluding carboxylic acids is 1. The van der Waals surface area contributed by atoms with Crippen LogP contribution in [0.2, 0.25) is 0 Å². The first-order chi connectivity index (χ1) is 9.99. The molecule has 1 heterocycles. The number of nitrogens with one attached hydrogen (secondary N) is 1. The molecule has 1 aromatic heterocycles. The van der Waals surface area contributed by atoms with Crippen LogP contribution in [0.5, 0.6) is 0 Å². The molecule has 1 aromatic carbocycles. The quantitative estimate of drug-likeness (QED) is 0.867. The van der Waals surface area contributed by atoms with Crippen molar-refractivity contribution in [2.45, 2.75) is 19.9 Å². The van der Waals surface area contributed by atoms with Gasteiger partial charge in [0.15, 0.2) is 0 Å². The van der Waals surface area contributed by atoms with Crippen molar-refractivity contribution >= 4 is 11.9 Å². The molecule has 6 heteroatoms. The van der Waals surface area contributed by atoms with Gasteiger partial charge in [-0.15, -0.1) is 0 Å². The predicted octanol–water partition coefficient (Wildman–Crippen LogP) is 1.29.